The van der Waals surface area contributed by atoms with Crippen LogP contribution < -0.4 is 10.6 Å². The maximum Gasteiger partial charge on any atom is 0.315 e. The highest BCUT2D eigenvalue weighted by molar-refractivity contribution is 5.74. The number of carbonyl (C=O) groups is 1. The van der Waals surface area contributed by atoms with Crippen LogP contribution in [0.25, 0.3) is 0 Å². The van der Waals surface area contributed by atoms with Gasteiger partial charge in [-0.05, 0) is 51.4 Å². The molecule has 0 aromatic carbocycles. The molecule has 1 unspecified atom stereocenters. The van der Waals surface area contributed by atoms with Gasteiger partial charge in [0.25, 0.3) is 0 Å². The molecule has 2 amide bonds. The fourth-order valence-corrected chi connectivity index (χ4v) is 3.34. The second-order valence-corrected chi connectivity index (χ2v) is 7.49. The molecule has 1 atom stereocenters. The summed E-state index contributed by atoms with van der Waals surface area (Å²) < 4.78 is 5.49. The van der Waals surface area contributed by atoms with E-state index in [9.17, 15) is 4.79 Å². The molecular formula is C19H32N4O2. The lowest BCUT2D eigenvalue weighted by atomic mass is 9.88. The van der Waals surface area contributed by atoms with Crippen molar-refractivity contribution < 1.29 is 9.53 Å². The highest BCUT2D eigenvalue weighted by Gasteiger charge is 2.35. The number of hydrogen-bond donors (Lipinski definition) is 2. The van der Waals surface area contributed by atoms with E-state index in [2.05, 4.69) is 48.5 Å². The summed E-state index contributed by atoms with van der Waals surface area (Å²) in [6.45, 7) is 8.31. The number of nitrogens with one attached hydrogen (secondary N) is 2. The Hall–Kier alpha value is -1.66. The second-order valence-electron chi connectivity index (χ2n) is 7.49. The first-order valence-corrected chi connectivity index (χ1v) is 9.07. The van der Waals surface area contributed by atoms with E-state index in [1.807, 2.05) is 19.1 Å². The van der Waals surface area contributed by atoms with Gasteiger partial charge in [-0.25, -0.2) is 4.79 Å². The lowest BCUT2D eigenvalue weighted by Crippen LogP contribution is -2.57. The summed E-state index contributed by atoms with van der Waals surface area (Å²) in [7, 11) is 4.14. The van der Waals surface area contributed by atoms with E-state index >= 15 is 0 Å². The summed E-state index contributed by atoms with van der Waals surface area (Å²) in [5, 5.41) is 6.18. The van der Waals surface area contributed by atoms with E-state index in [-0.39, 0.29) is 23.5 Å². The van der Waals surface area contributed by atoms with Crippen molar-refractivity contribution in [1.29, 1.82) is 0 Å². The number of aryl methyl sites for hydroxylation is 1. The van der Waals surface area contributed by atoms with Crippen LogP contribution in [0.2, 0.25) is 0 Å². The van der Waals surface area contributed by atoms with E-state index in [4.69, 9.17) is 4.74 Å². The van der Waals surface area contributed by atoms with Gasteiger partial charge < -0.3 is 20.3 Å². The van der Waals surface area contributed by atoms with E-state index in [1.54, 1.807) is 6.20 Å². The van der Waals surface area contributed by atoms with Crippen molar-refractivity contribution in [2.75, 3.05) is 33.9 Å². The van der Waals surface area contributed by atoms with Gasteiger partial charge in [0.05, 0.1) is 11.7 Å². The first-order valence-electron chi connectivity index (χ1n) is 9.07. The van der Waals surface area contributed by atoms with Crippen molar-refractivity contribution in [1.82, 2.24) is 20.5 Å². The molecule has 2 N–H and O–H groups in total. The third kappa shape index (κ3) is 4.92. The number of ether oxygens (including phenoxy) is 1. The van der Waals surface area contributed by atoms with E-state index in [0.717, 1.165) is 37.3 Å². The van der Waals surface area contributed by atoms with Crippen molar-refractivity contribution in [2.45, 2.75) is 45.2 Å². The van der Waals surface area contributed by atoms with Gasteiger partial charge in [0.1, 0.15) is 0 Å². The molecule has 0 aliphatic carbocycles. The zero-order valence-electron chi connectivity index (χ0n) is 16.1. The molecule has 0 radical (unpaired) electrons. The van der Waals surface area contributed by atoms with Crippen LogP contribution >= 0.6 is 0 Å². The number of likely N-dealkylation sites (N-methyl/N-ethyl adjacent to an activating group) is 1. The number of rotatable bonds is 6. The molecule has 2 heterocycles. The van der Waals surface area contributed by atoms with Gasteiger partial charge >= 0.3 is 6.03 Å². The minimum atomic E-state index is -0.142. The molecule has 0 spiro atoms. The average molecular weight is 348 g/mol. The fourth-order valence-electron chi connectivity index (χ4n) is 3.34. The minimum absolute atomic E-state index is 0.0379. The lowest BCUT2D eigenvalue weighted by Gasteiger charge is -2.43. The Morgan fingerprint density at radius 2 is 2.04 bits per heavy atom. The third-order valence-electron chi connectivity index (χ3n) is 5.25. The first kappa shape index (κ1) is 19.7. The van der Waals surface area contributed by atoms with Gasteiger partial charge in [-0.2, -0.15) is 0 Å². The molecule has 1 fully saturated rings. The molecule has 140 valence electrons. The molecule has 0 bridgehead atoms. The molecule has 0 saturated carbocycles. The van der Waals surface area contributed by atoms with Crippen LogP contribution in [0.1, 0.15) is 44.0 Å². The molecule has 6 nitrogen and oxygen atoms in total. The molecule has 1 aromatic heterocycles. The number of amides is 2. The van der Waals surface area contributed by atoms with Crippen LogP contribution in [0.15, 0.2) is 18.3 Å². The molecule has 1 saturated heterocycles. The van der Waals surface area contributed by atoms with Crippen molar-refractivity contribution in [3.05, 3.63) is 29.6 Å². The second kappa shape index (κ2) is 8.63. The molecule has 1 aromatic rings. The molecule has 1 aliphatic rings. The van der Waals surface area contributed by atoms with Gasteiger partial charge in [0, 0.05) is 31.5 Å². The normalized spacial score (nSPS) is 18.2. The van der Waals surface area contributed by atoms with Crippen LogP contribution in [0, 0.1) is 12.8 Å². The Bertz CT molecular complexity index is 568. The van der Waals surface area contributed by atoms with E-state index in [1.165, 1.54) is 0 Å². The summed E-state index contributed by atoms with van der Waals surface area (Å²) in [5.74, 6) is 0.255. The van der Waals surface area contributed by atoms with Crippen LogP contribution in [-0.4, -0.2) is 55.3 Å². The number of aromatic nitrogens is 1. The Labute approximate surface area is 151 Å². The Balaban J connectivity index is 2.01. The average Bonchev–Trinajstić information content (AvgIpc) is 2.59. The van der Waals surface area contributed by atoms with Gasteiger partial charge in [-0.3, -0.25) is 4.98 Å². The van der Waals surface area contributed by atoms with Crippen molar-refractivity contribution in [3.8, 4) is 0 Å². The van der Waals surface area contributed by atoms with Crippen LogP contribution in [0.5, 0.6) is 0 Å². The lowest BCUT2D eigenvalue weighted by molar-refractivity contribution is -0.00577. The zero-order valence-corrected chi connectivity index (χ0v) is 16.1. The predicted octanol–water partition coefficient (Wildman–Crippen LogP) is 2.50. The van der Waals surface area contributed by atoms with E-state index in [0.29, 0.717) is 6.54 Å². The Morgan fingerprint density at radius 3 is 2.60 bits per heavy atom. The highest BCUT2D eigenvalue weighted by Crippen LogP contribution is 2.25. The molecular weight excluding hydrogens is 316 g/mol. The number of pyridine rings is 1. The largest absolute Gasteiger partial charge is 0.381 e. The maximum absolute atomic E-state index is 12.6. The Kier molecular flexibility index (Phi) is 6.79. The quantitative estimate of drug-likeness (QED) is 0.829. The monoisotopic (exact) mass is 348 g/mol. The van der Waals surface area contributed by atoms with Gasteiger partial charge in [-0.15, -0.1) is 0 Å². The Morgan fingerprint density at radius 1 is 1.36 bits per heavy atom. The van der Waals surface area contributed by atoms with Gasteiger partial charge in [0.2, 0.25) is 0 Å². The summed E-state index contributed by atoms with van der Waals surface area (Å²) in [4.78, 5) is 19.2. The number of nitrogens with zero attached hydrogens (tertiary/aromatic N) is 2. The predicted molar refractivity (Wildman–Crippen MR) is 99.6 cm³/mol. The minimum Gasteiger partial charge on any atom is -0.381 e. The topological polar surface area (TPSA) is 66.5 Å². The van der Waals surface area contributed by atoms with Crippen LogP contribution in [0.4, 0.5) is 4.79 Å². The smallest absolute Gasteiger partial charge is 0.315 e. The zero-order chi connectivity index (χ0) is 18.4. The van der Waals surface area contributed by atoms with E-state index < -0.39 is 0 Å². The van der Waals surface area contributed by atoms with Gasteiger partial charge in [0.15, 0.2) is 0 Å². The van der Waals surface area contributed by atoms with Gasteiger partial charge in [-0.1, -0.05) is 19.9 Å². The summed E-state index contributed by atoms with van der Waals surface area (Å²) in [6.07, 6.45) is 3.63. The number of hydrogen-bond acceptors (Lipinski definition) is 4. The fraction of sp³-hybridized carbons (Fsp3) is 0.684. The molecule has 2 rings (SSSR count). The van der Waals surface area contributed by atoms with Crippen molar-refractivity contribution in [3.63, 3.8) is 0 Å². The summed E-state index contributed by atoms with van der Waals surface area (Å²) >= 11 is 0. The SMILES string of the molecule is Cc1cccnc1C(NC(=O)NCC1(N(C)C)CCOCC1)C(C)C. The highest BCUT2D eigenvalue weighted by atomic mass is 16.5. The summed E-state index contributed by atoms with van der Waals surface area (Å²) in [6, 6.07) is 3.70. The van der Waals surface area contributed by atoms with Crippen molar-refractivity contribution in [2.24, 2.45) is 5.92 Å². The van der Waals surface area contributed by atoms with Crippen LogP contribution in [-0.2, 0) is 4.74 Å². The number of carbonyl (C=O) groups excluding carboxylic acids is 1. The summed E-state index contributed by atoms with van der Waals surface area (Å²) in [5.41, 5.74) is 1.99. The standard InChI is InChI=1S/C19H32N4O2/c1-14(2)16(17-15(3)7-6-10-20-17)22-18(24)21-13-19(23(4)5)8-11-25-12-9-19/h6-7,10,14,16H,8-9,11-13H2,1-5H3,(H2,21,22,24). The molecule has 25 heavy (non-hydrogen) atoms. The maximum atomic E-state index is 12.6. The number of urea groups is 1. The third-order valence-corrected chi connectivity index (χ3v) is 5.25. The molecule has 1 aliphatic heterocycles. The van der Waals surface area contributed by atoms with Crippen LogP contribution in [0.3, 0.4) is 0 Å². The first-order chi connectivity index (χ1) is 11.9. The molecule has 6 heteroatoms. The van der Waals surface area contributed by atoms with Crippen molar-refractivity contribution >= 4 is 6.03 Å².